The molecule has 0 atom stereocenters. The highest BCUT2D eigenvalue weighted by molar-refractivity contribution is 5.93. The predicted octanol–water partition coefficient (Wildman–Crippen LogP) is 3.38. The third-order valence-corrected chi connectivity index (χ3v) is 3.25. The first-order chi connectivity index (χ1) is 10.8. The second-order valence-corrected chi connectivity index (χ2v) is 4.92. The molecule has 5 nitrogen and oxygen atoms in total. The summed E-state index contributed by atoms with van der Waals surface area (Å²) in [6, 6.07) is 4.52. The summed E-state index contributed by atoms with van der Waals surface area (Å²) in [5.41, 5.74) is -0.321. The van der Waals surface area contributed by atoms with Crippen molar-refractivity contribution in [2.75, 3.05) is 11.4 Å². The number of nitrogens with zero attached hydrogens (tertiary/aromatic N) is 3. The third kappa shape index (κ3) is 4.30. The molecule has 0 saturated carbocycles. The van der Waals surface area contributed by atoms with Gasteiger partial charge in [0.05, 0.1) is 5.56 Å². The Kier molecular flexibility index (Phi) is 5.02. The van der Waals surface area contributed by atoms with Crippen LogP contribution in [0, 0.1) is 6.92 Å². The lowest BCUT2D eigenvalue weighted by atomic mass is 10.1. The Hall–Kier alpha value is -2.38. The van der Waals surface area contributed by atoms with Crippen LogP contribution in [0.2, 0.25) is 0 Å². The van der Waals surface area contributed by atoms with Gasteiger partial charge in [-0.3, -0.25) is 4.79 Å². The summed E-state index contributed by atoms with van der Waals surface area (Å²) in [7, 11) is 0. The Balaban J connectivity index is 2.04. The van der Waals surface area contributed by atoms with Crippen molar-refractivity contribution < 1.29 is 22.5 Å². The summed E-state index contributed by atoms with van der Waals surface area (Å²) < 4.78 is 42.6. The molecule has 1 aromatic heterocycles. The van der Waals surface area contributed by atoms with Gasteiger partial charge in [0.1, 0.15) is 0 Å². The molecule has 1 amide bonds. The summed E-state index contributed by atoms with van der Waals surface area (Å²) in [4.78, 5) is 17.7. The zero-order chi connectivity index (χ0) is 17.0. The molecule has 0 aliphatic heterocycles. The van der Waals surface area contributed by atoms with Crippen LogP contribution in [0.5, 0.6) is 0 Å². The van der Waals surface area contributed by atoms with Crippen LogP contribution in [0.15, 0.2) is 28.8 Å². The standard InChI is InChI=1S/C15H16F3N3O2/c1-3-21(12-6-4-11(5-7-12)15(16,17)18)14(22)9-8-13-19-10(2)20-23-13/h4-7H,3,8-9H2,1-2H3. The summed E-state index contributed by atoms with van der Waals surface area (Å²) in [5, 5.41) is 3.63. The van der Waals surface area contributed by atoms with Crippen LogP contribution >= 0.6 is 0 Å². The largest absolute Gasteiger partial charge is 0.416 e. The van der Waals surface area contributed by atoms with Crippen molar-refractivity contribution in [1.29, 1.82) is 0 Å². The quantitative estimate of drug-likeness (QED) is 0.845. The Bertz CT molecular complexity index is 665. The number of rotatable bonds is 5. The molecule has 0 radical (unpaired) electrons. The van der Waals surface area contributed by atoms with Crippen LogP contribution in [0.4, 0.5) is 18.9 Å². The van der Waals surface area contributed by atoms with E-state index in [1.165, 1.54) is 17.0 Å². The Morgan fingerprint density at radius 1 is 1.26 bits per heavy atom. The SMILES string of the molecule is CCN(C(=O)CCc1nc(C)no1)c1ccc(C(F)(F)F)cc1. The lowest BCUT2D eigenvalue weighted by molar-refractivity contribution is -0.137. The van der Waals surface area contributed by atoms with Gasteiger partial charge in [-0.1, -0.05) is 5.16 Å². The summed E-state index contributed by atoms with van der Waals surface area (Å²) in [6.07, 6.45) is -3.97. The lowest BCUT2D eigenvalue weighted by Gasteiger charge is -2.21. The molecule has 0 bridgehead atoms. The first-order valence-electron chi connectivity index (χ1n) is 7.08. The van der Waals surface area contributed by atoms with Gasteiger partial charge in [-0.25, -0.2) is 0 Å². The molecule has 124 valence electrons. The molecule has 0 N–H and O–H groups in total. The van der Waals surface area contributed by atoms with Gasteiger partial charge in [0, 0.05) is 25.1 Å². The average Bonchev–Trinajstić information content (AvgIpc) is 2.91. The van der Waals surface area contributed by atoms with Gasteiger partial charge in [0.25, 0.3) is 0 Å². The number of hydrogen-bond acceptors (Lipinski definition) is 4. The molecular weight excluding hydrogens is 311 g/mol. The molecule has 0 fully saturated rings. The van der Waals surface area contributed by atoms with Crippen LogP contribution in [0.25, 0.3) is 0 Å². The van der Waals surface area contributed by atoms with Crippen molar-refractivity contribution in [2.24, 2.45) is 0 Å². The van der Waals surface area contributed by atoms with E-state index >= 15 is 0 Å². The number of carbonyl (C=O) groups is 1. The Morgan fingerprint density at radius 2 is 1.91 bits per heavy atom. The van der Waals surface area contributed by atoms with Crippen molar-refractivity contribution in [2.45, 2.75) is 32.9 Å². The highest BCUT2D eigenvalue weighted by Crippen LogP contribution is 2.30. The monoisotopic (exact) mass is 327 g/mol. The fraction of sp³-hybridized carbons (Fsp3) is 0.400. The lowest BCUT2D eigenvalue weighted by Crippen LogP contribution is -2.30. The van der Waals surface area contributed by atoms with Gasteiger partial charge in [-0.15, -0.1) is 0 Å². The van der Waals surface area contributed by atoms with Crippen molar-refractivity contribution in [3.8, 4) is 0 Å². The molecule has 8 heteroatoms. The molecule has 2 rings (SSSR count). The third-order valence-electron chi connectivity index (χ3n) is 3.25. The minimum absolute atomic E-state index is 0.135. The normalized spacial score (nSPS) is 11.5. The van der Waals surface area contributed by atoms with Gasteiger partial charge in [0.2, 0.25) is 11.8 Å². The molecule has 0 unspecified atom stereocenters. The Morgan fingerprint density at radius 3 is 2.39 bits per heavy atom. The number of aryl methyl sites for hydroxylation is 2. The maximum Gasteiger partial charge on any atom is 0.416 e. The zero-order valence-corrected chi connectivity index (χ0v) is 12.7. The van der Waals surface area contributed by atoms with Gasteiger partial charge < -0.3 is 9.42 Å². The second-order valence-electron chi connectivity index (χ2n) is 4.92. The molecule has 23 heavy (non-hydrogen) atoms. The van der Waals surface area contributed by atoms with Crippen LogP contribution < -0.4 is 4.90 Å². The maximum absolute atomic E-state index is 12.6. The molecular formula is C15H16F3N3O2. The van der Waals surface area contributed by atoms with Crippen LogP contribution in [0.3, 0.4) is 0 Å². The summed E-state index contributed by atoms with van der Waals surface area (Å²) >= 11 is 0. The summed E-state index contributed by atoms with van der Waals surface area (Å²) in [6.45, 7) is 3.79. The smallest absolute Gasteiger partial charge is 0.339 e. The summed E-state index contributed by atoms with van der Waals surface area (Å²) in [5.74, 6) is 0.630. The van der Waals surface area contributed by atoms with E-state index in [-0.39, 0.29) is 18.7 Å². The highest BCUT2D eigenvalue weighted by Gasteiger charge is 2.30. The van der Waals surface area contributed by atoms with E-state index in [1.54, 1.807) is 13.8 Å². The van der Waals surface area contributed by atoms with E-state index in [0.29, 0.717) is 23.9 Å². The van der Waals surface area contributed by atoms with Gasteiger partial charge in [-0.2, -0.15) is 18.2 Å². The maximum atomic E-state index is 12.6. The van der Waals surface area contributed by atoms with E-state index in [9.17, 15) is 18.0 Å². The number of hydrogen-bond donors (Lipinski definition) is 0. The highest BCUT2D eigenvalue weighted by atomic mass is 19.4. The molecule has 2 aromatic rings. The van der Waals surface area contributed by atoms with Crippen molar-refractivity contribution in [1.82, 2.24) is 10.1 Å². The van der Waals surface area contributed by atoms with Gasteiger partial charge >= 0.3 is 6.18 Å². The van der Waals surface area contributed by atoms with E-state index in [0.717, 1.165) is 12.1 Å². The number of halogens is 3. The fourth-order valence-corrected chi connectivity index (χ4v) is 2.12. The van der Waals surface area contributed by atoms with Crippen LogP contribution in [-0.2, 0) is 17.4 Å². The van der Waals surface area contributed by atoms with Gasteiger partial charge in [0.15, 0.2) is 5.82 Å². The first-order valence-corrected chi connectivity index (χ1v) is 7.08. The molecule has 1 heterocycles. The topological polar surface area (TPSA) is 59.2 Å². The first kappa shape index (κ1) is 17.0. The van der Waals surface area contributed by atoms with E-state index in [2.05, 4.69) is 10.1 Å². The van der Waals surface area contributed by atoms with E-state index in [1.807, 2.05) is 0 Å². The van der Waals surface area contributed by atoms with Crippen LogP contribution in [-0.4, -0.2) is 22.6 Å². The van der Waals surface area contributed by atoms with Crippen molar-refractivity contribution >= 4 is 11.6 Å². The molecule has 0 aliphatic carbocycles. The molecule has 0 spiro atoms. The van der Waals surface area contributed by atoms with E-state index in [4.69, 9.17) is 4.52 Å². The zero-order valence-electron chi connectivity index (χ0n) is 12.7. The fourth-order valence-electron chi connectivity index (χ4n) is 2.12. The minimum atomic E-state index is -4.39. The molecule has 0 aliphatic rings. The minimum Gasteiger partial charge on any atom is -0.339 e. The second kappa shape index (κ2) is 6.80. The number of amides is 1. The number of carbonyl (C=O) groups excluding carboxylic acids is 1. The Labute approximate surface area is 131 Å². The number of benzene rings is 1. The average molecular weight is 327 g/mol. The van der Waals surface area contributed by atoms with Crippen molar-refractivity contribution in [3.05, 3.63) is 41.5 Å². The number of aromatic nitrogens is 2. The molecule has 0 saturated heterocycles. The molecule has 1 aromatic carbocycles. The van der Waals surface area contributed by atoms with Gasteiger partial charge in [-0.05, 0) is 38.1 Å². The predicted molar refractivity (Wildman–Crippen MR) is 76.8 cm³/mol. The van der Waals surface area contributed by atoms with E-state index < -0.39 is 11.7 Å². The van der Waals surface area contributed by atoms with Crippen molar-refractivity contribution in [3.63, 3.8) is 0 Å². The number of alkyl halides is 3. The van der Waals surface area contributed by atoms with Crippen LogP contribution in [0.1, 0.15) is 30.6 Å². The number of anilines is 1.